The lowest BCUT2D eigenvalue weighted by Gasteiger charge is -2.35. The summed E-state index contributed by atoms with van der Waals surface area (Å²) < 4.78 is 0. The van der Waals surface area contributed by atoms with E-state index in [9.17, 15) is 9.59 Å². The fourth-order valence-electron chi connectivity index (χ4n) is 3.49. The minimum atomic E-state index is -0.400. The Bertz CT molecular complexity index is 611. The number of hydrogen-bond donors (Lipinski definition) is 1. The molecular formula is C18H26N4O2. The average molecular weight is 330 g/mol. The lowest BCUT2D eigenvalue weighted by atomic mass is 9.99. The summed E-state index contributed by atoms with van der Waals surface area (Å²) in [6.45, 7) is 7.23. The van der Waals surface area contributed by atoms with Crippen molar-refractivity contribution < 1.29 is 9.59 Å². The molecule has 0 saturated carbocycles. The molecule has 3 rings (SSSR count). The first-order valence-corrected chi connectivity index (χ1v) is 8.86. The summed E-state index contributed by atoms with van der Waals surface area (Å²) in [4.78, 5) is 33.4. The van der Waals surface area contributed by atoms with Crippen molar-refractivity contribution in [1.82, 2.24) is 15.2 Å². The van der Waals surface area contributed by atoms with E-state index in [2.05, 4.69) is 29.0 Å². The molecule has 2 aliphatic heterocycles. The molecule has 1 atom stereocenters. The van der Waals surface area contributed by atoms with Crippen LogP contribution in [0.25, 0.3) is 0 Å². The van der Waals surface area contributed by atoms with Crippen LogP contribution in [0, 0.1) is 5.92 Å². The number of anilines is 1. The zero-order valence-corrected chi connectivity index (χ0v) is 14.5. The molecule has 0 aromatic carbocycles. The highest BCUT2D eigenvalue weighted by Gasteiger charge is 2.34. The summed E-state index contributed by atoms with van der Waals surface area (Å²) in [7, 11) is 0. The highest BCUT2D eigenvalue weighted by Crippen LogP contribution is 2.22. The summed E-state index contributed by atoms with van der Waals surface area (Å²) in [5.74, 6) is 0.147. The molecule has 0 bridgehead atoms. The van der Waals surface area contributed by atoms with Crippen LogP contribution in [-0.4, -0.2) is 53.9 Å². The second-order valence-electron chi connectivity index (χ2n) is 7.03. The van der Waals surface area contributed by atoms with Crippen molar-refractivity contribution in [2.75, 3.05) is 31.1 Å². The molecule has 2 aliphatic rings. The zero-order chi connectivity index (χ0) is 17.1. The van der Waals surface area contributed by atoms with Crippen LogP contribution >= 0.6 is 0 Å². The number of hydrogen-bond acceptors (Lipinski definition) is 4. The van der Waals surface area contributed by atoms with Gasteiger partial charge in [-0.2, -0.15) is 0 Å². The first kappa shape index (κ1) is 16.7. The second-order valence-corrected chi connectivity index (χ2v) is 7.03. The Morgan fingerprint density at radius 2 is 2.08 bits per heavy atom. The number of rotatable bonds is 4. The van der Waals surface area contributed by atoms with Crippen molar-refractivity contribution in [1.29, 1.82) is 0 Å². The maximum Gasteiger partial charge on any atom is 0.273 e. The van der Waals surface area contributed by atoms with Crippen molar-refractivity contribution in [2.45, 2.75) is 39.2 Å². The molecule has 3 heterocycles. The summed E-state index contributed by atoms with van der Waals surface area (Å²) in [5.41, 5.74) is 1.48. The molecule has 1 unspecified atom stereocenters. The summed E-state index contributed by atoms with van der Waals surface area (Å²) >= 11 is 0. The van der Waals surface area contributed by atoms with E-state index >= 15 is 0 Å². The fraction of sp³-hybridized carbons (Fsp3) is 0.611. The minimum Gasteiger partial charge on any atom is -0.371 e. The first-order valence-electron chi connectivity index (χ1n) is 8.86. The Hall–Kier alpha value is -2.11. The maximum atomic E-state index is 13.0. The van der Waals surface area contributed by atoms with Crippen LogP contribution in [0.1, 0.15) is 43.6 Å². The number of amides is 2. The van der Waals surface area contributed by atoms with E-state index in [4.69, 9.17) is 0 Å². The first-order chi connectivity index (χ1) is 11.6. The third-order valence-electron chi connectivity index (χ3n) is 4.72. The molecule has 0 radical (unpaired) electrons. The smallest absolute Gasteiger partial charge is 0.273 e. The van der Waals surface area contributed by atoms with E-state index in [1.54, 1.807) is 11.1 Å². The Kier molecular flexibility index (Phi) is 5.02. The van der Waals surface area contributed by atoms with E-state index < -0.39 is 6.04 Å². The third-order valence-corrected chi connectivity index (χ3v) is 4.72. The van der Waals surface area contributed by atoms with Gasteiger partial charge < -0.3 is 15.1 Å². The van der Waals surface area contributed by atoms with Crippen molar-refractivity contribution in [2.24, 2.45) is 5.92 Å². The number of carbonyl (C=O) groups is 2. The quantitative estimate of drug-likeness (QED) is 0.912. The lowest BCUT2D eigenvalue weighted by Crippen LogP contribution is -2.57. The lowest BCUT2D eigenvalue weighted by molar-refractivity contribution is -0.128. The normalized spacial score (nSPS) is 21.3. The van der Waals surface area contributed by atoms with Gasteiger partial charge in [0.25, 0.3) is 5.91 Å². The number of aromatic nitrogens is 1. The van der Waals surface area contributed by atoms with Crippen LogP contribution in [0.5, 0.6) is 0 Å². The molecule has 0 aliphatic carbocycles. The Labute approximate surface area is 143 Å². The molecule has 2 amide bonds. The summed E-state index contributed by atoms with van der Waals surface area (Å²) in [6.07, 6.45) is 4.74. The van der Waals surface area contributed by atoms with E-state index in [0.717, 1.165) is 18.8 Å². The Balaban J connectivity index is 1.81. The van der Waals surface area contributed by atoms with Crippen LogP contribution in [0.3, 0.4) is 0 Å². The Morgan fingerprint density at radius 1 is 1.33 bits per heavy atom. The van der Waals surface area contributed by atoms with Crippen molar-refractivity contribution in [3.05, 3.63) is 24.0 Å². The number of carbonyl (C=O) groups excluding carboxylic acids is 2. The summed E-state index contributed by atoms with van der Waals surface area (Å²) in [5, 5.41) is 2.87. The standard InChI is InChI=1S/C18H26N4O2/c1-13(2)11-16-17(23)20-7-10-22(16)18(24)15-12-14(5-6-19-15)21-8-3-4-9-21/h5-6,12-13,16H,3-4,7-11H2,1-2H3,(H,20,23). The van der Waals surface area contributed by atoms with Crippen LogP contribution in [0.4, 0.5) is 5.69 Å². The molecular weight excluding hydrogens is 304 g/mol. The van der Waals surface area contributed by atoms with Gasteiger partial charge in [-0.1, -0.05) is 13.8 Å². The van der Waals surface area contributed by atoms with Gasteiger partial charge in [0.2, 0.25) is 5.91 Å². The number of piperazine rings is 1. The molecule has 2 saturated heterocycles. The number of nitrogens with one attached hydrogen (secondary N) is 1. The van der Waals surface area contributed by atoms with Gasteiger partial charge in [0.05, 0.1) is 0 Å². The topological polar surface area (TPSA) is 65.5 Å². The summed E-state index contributed by atoms with van der Waals surface area (Å²) in [6, 6.07) is 3.42. The second kappa shape index (κ2) is 7.20. The van der Waals surface area contributed by atoms with Gasteiger partial charge in [-0.05, 0) is 37.3 Å². The van der Waals surface area contributed by atoms with Crippen molar-refractivity contribution >= 4 is 17.5 Å². The van der Waals surface area contributed by atoms with Gasteiger partial charge in [-0.25, -0.2) is 0 Å². The van der Waals surface area contributed by atoms with Gasteiger partial charge in [-0.15, -0.1) is 0 Å². The van der Waals surface area contributed by atoms with Gasteiger partial charge in [-0.3, -0.25) is 14.6 Å². The molecule has 130 valence electrons. The highest BCUT2D eigenvalue weighted by molar-refractivity contribution is 5.97. The number of pyridine rings is 1. The third kappa shape index (κ3) is 3.52. The van der Waals surface area contributed by atoms with Gasteiger partial charge in [0.1, 0.15) is 11.7 Å². The minimum absolute atomic E-state index is 0.0565. The van der Waals surface area contributed by atoms with E-state index in [0.29, 0.717) is 31.1 Å². The van der Waals surface area contributed by atoms with E-state index in [-0.39, 0.29) is 11.8 Å². The SMILES string of the molecule is CC(C)CC1C(=O)NCCN1C(=O)c1cc(N2CCCC2)ccn1. The van der Waals surface area contributed by atoms with Crippen LogP contribution in [0.15, 0.2) is 18.3 Å². The van der Waals surface area contributed by atoms with Crippen molar-refractivity contribution in [3.63, 3.8) is 0 Å². The molecule has 2 fully saturated rings. The van der Waals surface area contributed by atoms with Crippen LogP contribution in [-0.2, 0) is 4.79 Å². The van der Waals surface area contributed by atoms with E-state index in [1.165, 1.54) is 12.8 Å². The zero-order valence-electron chi connectivity index (χ0n) is 14.5. The molecule has 6 heteroatoms. The van der Waals surface area contributed by atoms with Crippen LogP contribution in [0.2, 0.25) is 0 Å². The maximum absolute atomic E-state index is 13.0. The molecule has 1 N–H and O–H groups in total. The molecule has 1 aromatic heterocycles. The largest absolute Gasteiger partial charge is 0.371 e. The molecule has 1 aromatic rings. The number of nitrogens with zero attached hydrogens (tertiary/aromatic N) is 3. The van der Waals surface area contributed by atoms with Crippen molar-refractivity contribution in [3.8, 4) is 0 Å². The van der Waals surface area contributed by atoms with Gasteiger partial charge >= 0.3 is 0 Å². The van der Waals surface area contributed by atoms with Crippen LogP contribution < -0.4 is 10.2 Å². The van der Waals surface area contributed by atoms with Gasteiger partial charge in [0, 0.05) is 38.1 Å². The Morgan fingerprint density at radius 3 is 2.79 bits per heavy atom. The highest BCUT2D eigenvalue weighted by atomic mass is 16.2. The average Bonchev–Trinajstić information content (AvgIpc) is 3.10. The predicted molar refractivity (Wildman–Crippen MR) is 93.0 cm³/mol. The fourth-order valence-corrected chi connectivity index (χ4v) is 3.49. The predicted octanol–water partition coefficient (Wildman–Crippen LogP) is 1.67. The van der Waals surface area contributed by atoms with E-state index in [1.807, 2.05) is 12.1 Å². The molecule has 0 spiro atoms. The monoisotopic (exact) mass is 330 g/mol. The van der Waals surface area contributed by atoms with Gasteiger partial charge in [0.15, 0.2) is 0 Å². The molecule has 6 nitrogen and oxygen atoms in total. The molecule has 24 heavy (non-hydrogen) atoms.